The predicted octanol–water partition coefficient (Wildman–Crippen LogP) is 1.95. The van der Waals surface area contributed by atoms with Gasteiger partial charge >= 0.3 is 0 Å². The van der Waals surface area contributed by atoms with Gasteiger partial charge in [-0.3, -0.25) is 4.79 Å². The van der Waals surface area contributed by atoms with Gasteiger partial charge in [0.2, 0.25) is 5.91 Å². The highest BCUT2D eigenvalue weighted by Gasteiger charge is 2.32. The van der Waals surface area contributed by atoms with Crippen LogP contribution in [0.3, 0.4) is 0 Å². The number of rotatable bonds is 3. The van der Waals surface area contributed by atoms with Crippen molar-refractivity contribution < 1.29 is 14.3 Å². The summed E-state index contributed by atoms with van der Waals surface area (Å²) in [6.07, 6.45) is 4.93. The standard InChI is InChI=1S/C14H23NO3/c1-3-5-11(2)13(16)15-7-4-6-12(10-15)14-17-8-9-18-14/h5,12,14H,3-4,6-10H2,1-2H3/b11-5-. The van der Waals surface area contributed by atoms with Gasteiger partial charge < -0.3 is 14.4 Å². The summed E-state index contributed by atoms with van der Waals surface area (Å²) in [5, 5.41) is 0. The lowest BCUT2D eigenvalue weighted by atomic mass is 9.97. The lowest BCUT2D eigenvalue weighted by molar-refractivity contribution is -0.135. The Bertz CT molecular complexity index is 321. The third kappa shape index (κ3) is 3.12. The Labute approximate surface area is 109 Å². The summed E-state index contributed by atoms with van der Waals surface area (Å²) in [5.41, 5.74) is 0.853. The second kappa shape index (κ2) is 6.34. The Morgan fingerprint density at radius 2 is 2.11 bits per heavy atom. The van der Waals surface area contributed by atoms with Crippen LogP contribution in [0, 0.1) is 5.92 Å². The van der Waals surface area contributed by atoms with E-state index < -0.39 is 0 Å². The van der Waals surface area contributed by atoms with Crippen molar-refractivity contribution in [2.75, 3.05) is 26.3 Å². The van der Waals surface area contributed by atoms with E-state index in [2.05, 4.69) is 6.92 Å². The largest absolute Gasteiger partial charge is 0.350 e. The molecule has 102 valence electrons. The summed E-state index contributed by atoms with van der Waals surface area (Å²) in [6, 6.07) is 0. The van der Waals surface area contributed by atoms with Crippen LogP contribution < -0.4 is 0 Å². The molecule has 4 nitrogen and oxygen atoms in total. The number of likely N-dealkylation sites (tertiary alicyclic amines) is 1. The molecule has 0 aromatic heterocycles. The SMILES string of the molecule is CC/C=C(/C)C(=O)N1CCCC(C2OCCO2)C1. The molecule has 0 saturated carbocycles. The first-order chi connectivity index (χ1) is 8.72. The molecule has 2 rings (SSSR count). The minimum Gasteiger partial charge on any atom is -0.350 e. The van der Waals surface area contributed by atoms with Gasteiger partial charge in [-0.2, -0.15) is 0 Å². The first kappa shape index (κ1) is 13.6. The quantitative estimate of drug-likeness (QED) is 0.722. The number of hydrogen-bond donors (Lipinski definition) is 0. The molecule has 2 fully saturated rings. The van der Waals surface area contributed by atoms with Crippen LogP contribution in [-0.4, -0.2) is 43.4 Å². The van der Waals surface area contributed by atoms with Crippen molar-refractivity contribution in [3.63, 3.8) is 0 Å². The molecule has 2 heterocycles. The van der Waals surface area contributed by atoms with E-state index in [0.717, 1.165) is 37.9 Å². The predicted molar refractivity (Wildman–Crippen MR) is 69.0 cm³/mol. The number of ether oxygens (including phenoxy) is 2. The lowest BCUT2D eigenvalue weighted by Crippen LogP contribution is -2.44. The molecule has 1 amide bonds. The van der Waals surface area contributed by atoms with Crippen LogP contribution in [0.1, 0.15) is 33.1 Å². The zero-order chi connectivity index (χ0) is 13.0. The summed E-state index contributed by atoms with van der Waals surface area (Å²) < 4.78 is 11.1. The number of hydrogen-bond acceptors (Lipinski definition) is 3. The molecule has 18 heavy (non-hydrogen) atoms. The van der Waals surface area contributed by atoms with Crippen LogP contribution in [-0.2, 0) is 14.3 Å². The molecule has 2 aliphatic rings. The third-order valence-electron chi connectivity index (χ3n) is 3.63. The van der Waals surface area contributed by atoms with E-state index in [0.29, 0.717) is 19.1 Å². The molecule has 0 aromatic carbocycles. The minimum absolute atomic E-state index is 0.101. The maximum absolute atomic E-state index is 12.2. The molecule has 0 N–H and O–H groups in total. The number of piperidine rings is 1. The highest BCUT2D eigenvalue weighted by Crippen LogP contribution is 2.25. The molecule has 0 aromatic rings. The van der Waals surface area contributed by atoms with E-state index in [-0.39, 0.29) is 12.2 Å². The molecular weight excluding hydrogens is 230 g/mol. The van der Waals surface area contributed by atoms with Gasteiger partial charge in [-0.15, -0.1) is 0 Å². The van der Waals surface area contributed by atoms with Gasteiger partial charge in [-0.05, 0) is 26.2 Å². The van der Waals surface area contributed by atoms with Crippen LogP contribution in [0.2, 0.25) is 0 Å². The Kier molecular flexibility index (Phi) is 4.78. The normalized spacial score (nSPS) is 26.7. The number of allylic oxidation sites excluding steroid dienone is 1. The highest BCUT2D eigenvalue weighted by molar-refractivity contribution is 5.92. The summed E-state index contributed by atoms with van der Waals surface area (Å²) in [6.45, 7) is 6.94. The van der Waals surface area contributed by atoms with Crippen LogP contribution >= 0.6 is 0 Å². The zero-order valence-corrected chi connectivity index (χ0v) is 11.4. The fourth-order valence-electron chi connectivity index (χ4n) is 2.71. The number of carbonyl (C=O) groups is 1. The molecule has 0 aliphatic carbocycles. The first-order valence-electron chi connectivity index (χ1n) is 6.91. The van der Waals surface area contributed by atoms with E-state index in [1.807, 2.05) is 17.9 Å². The second-order valence-electron chi connectivity index (χ2n) is 5.06. The fourth-order valence-corrected chi connectivity index (χ4v) is 2.71. The Balaban J connectivity index is 1.93. The molecule has 2 saturated heterocycles. The molecule has 0 radical (unpaired) electrons. The summed E-state index contributed by atoms with van der Waals surface area (Å²) in [5.74, 6) is 0.499. The summed E-state index contributed by atoms with van der Waals surface area (Å²) in [4.78, 5) is 14.2. The van der Waals surface area contributed by atoms with Gasteiger partial charge in [0.15, 0.2) is 6.29 Å². The highest BCUT2D eigenvalue weighted by atomic mass is 16.7. The van der Waals surface area contributed by atoms with Gasteiger partial charge in [0, 0.05) is 24.6 Å². The van der Waals surface area contributed by atoms with Crippen molar-refractivity contribution in [2.24, 2.45) is 5.92 Å². The van der Waals surface area contributed by atoms with Gasteiger partial charge in [0.05, 0.1) is 13.2 Å². The van der Waals surface area contributed by atoms with E-state index in [9.17, 15) is 4.79 Å². The summed E-state index contributed by atoms with van der Waals surface area (Å²) in [7, 11) is 0. The molecule has 0 spiro atoms. The zero-order valence-electron chi connectivity index (χ0n) is 11.4. The molecule has 4 heteroatoms. The van der Waals surface area contributed by atoms with Gasteiger partial charge in [0.25, 0.3) is 0 Å². The van der Waals surface area contributed by atoms with Crippen molar-refractivity contribution in [1.82, 2.24) is 4.90 Å². The number of carbonyl (C=O) groups excluding carboxylic acids is 1. The Morgan fingerprint density at radius 3 is 2.78 bits per heavy atom. The maximum Gasteiger partial charge on any atom is 0.249 e. The van der Waals surface area contributed by atoms with Crippen LogP contribution in [0.15, 0.2) is 11.6 Å². The summed E-state index contributed by atoms with van der Waals surface area (Å²) >= 11 is 0. The van der Waals surface area contributed by atoms with E-state index in [1.165, 1.54) is 0 Å². The van der Waals surface area contributed by atoms with Crippen molar-refractivity contribution in [3.8, 4) is 0 Å². The van der Waals surface area contributed by atoms with Crippen molar-refractivity contribution in [3.05, 3.63) is 11.6 Å². The molecule has 0 bridgehead atoms. The topological polar surface area (TPSA) is 38.8 Å². The first-order valence-corrected chi connectivity index (χ1v) is 6.91. The molecular formula is C14H23NO3. The van der Waals surface area contributed by atoms with Crippen LogP contribution in [0.25, 0.3) is 0 Å². The smallest absolute Gasteiger partial charge is 0.249 e. The van der Waals surface area contributed by atoms with E-state index in [1.54, 1.807) is 0 Å². The maximum atomic E-state index is 12.2. The Morgan fingerprint density at radius 1 is 1.39 bits per heavy atom. The fraction of sp³-hybridized carbons (Fsp3) is 0.786. The van der Waals surface area contributed by atoms with Crippen LogP contribution in [0.4, 0.5) is 0 Å². The minimum atomic E-state index is -0.101. The van der Waals surface area contributed by atoms with Crippen molar-refractivity contribution in [2.45, 2.75) is 39.4 Å². The molecule has 1 unspecified atom stereocenters. The lowest BCUT2D eigenvalue weighted by Gasteiger charge is -2.34. The van der Waals surface area contributed by atoms with Gasteiger partial charge in [0.1, 0.15) is 0 Å². The third-order valence-corrected chi connectivity index (χ3v) is 3.63. The van der Waals surface area contributed by atoms with E-state index in [4.69, 9.17) is 9.47 Å². The number of nitrogens with zero attached hydrogens (tertiary/aromatic N) is 1. The second-order valence-corrected chi connectivity index (χ2v) is 5.06. The molecule has 1 atom stereocenters. The van der Waals surface area contributed by atoms with Gasteiger partial charge in [-0.1, -0.05) is 13.0 Å². The van der Waals surface area contributed by atoms with Crippen LogP contribution in [0.5, 0.6) is 0 Å². The van der Waals surface area contributed by atoms with E-state index >= 15 is 0 Å². The van der Waals surface area contributed by atoms with Crippen molar-refractivity contribution in [1.29, 1.82) is 0 Å². The average Bonchev–Trinajstić information content (AvgIpc) is 2.92. The van der Waals surface area contributed by atoms with Gasteiger partial charge in [-0.25, -0.2) is 0 Å². The van der Waals surface area contributed by atoms with Crippen molar-refractivity contribution >= 4 is 5.91 Å². The Hall–Kier alpha value is -0.870. The monoisotopic (exact) mass is 253 g/mol. The molecule has 2 aliphatic heterocycles. The average molecular weight is 253 g/mol. The number of amides is 1.